The summed E-state index contributed by atoms with van der Waals surface area (Å²) in [5.41, 5.74) is -0.424. The topological polar surface area (TPSA) is 60.4 Å². The molecule has 0 saturated heterocycles. The lowest BCUT2D eigenvalue weighted by atomic mass is 10.2. The minimum atomic E-state index is -4.10. The molecule has 0 bridgehead atoms. The Morgan fingerprint density at radius 1 is 1.47 bits per heavy atom. The molecule has 7 heteroatoms. The number of carbonyl (C=O) groups excluding carboxylic acids is 1. The fourth-order valence-corrected chi connectivity index (χ4v) is 2.02. The summed E-state index contributed by atoms with van der Waals surface area (Å²) in [6.45, 7) is 0. The average molecular weight is 253 g/mol. The zero-order valence-corrected chi connectivity index (χ0v) is 9.10. The standard InChI is InChI=1S/C8H6ClFO4S/c1-14-8(11)6-4-5(10)2-3-7(6)15(9,12)13/h2-4H,1H3. The summed E-state index contributed by atoms with van der Waals surface area (Å²) < 4.78 is 39.1. The van der Waals surface area contributed by atoms with Crippen molar-refractivity contribution in [3.63, 3.8) is 0 Å². The highest BCUT2D eigenvalue weighted by atomic mass is 35.7. The van der Waals surface area contributed by atoms with Crippen molar-refractivity contribution in [2.24, 2.45) is 0 Å². The van der Waals surface area contributed by atoms with Crippen LogP contribution in [0, 0.1) is 5.82 Å². The summed E-state index contributed by atoms with van der Waals surface area (Å²) in [5.74, 6) is -1.71. The van der Waals surface area contributed by atoms with Gasteiger partial charge >= 0.3 is 5.97 Å². The van der Waals surface area contributed by atoms with Crippen LogP contribution < -0.4 is 0 Å². The molecule has 0 aliphatic carbocycles. The normalized spacial score (nSPS) is 11.1. The number of carbonyl (C=O) groups is 1. The molecule has 1 aromatic rings. The lowest BCUT2D eigenvalue weighted by Gasteiger charge is -2.04. The Labute approximate surface area is 90.0 Å². The van der Waals surface area contributed by atoms with Gasteiger partial charge in [-0.1, -0.05) is 0 Å². The Morgan fingerprint density at radius 2 is 2.07 bits per heavy atom. The minimum absolute atomic E-state index is 0.424. The first kappa shape index (κ1) is 11.9. The van der Waals surface area contributed by atoms with E-state index in [1.807, 2.05) is 0 Å². The summed E-state index contributed by atoms with van der Waals surface area (Å²) >= 11 is 0. The fraction of sp³-hybridized carbons (Fsp3) is 0.125. The molecule has 0 N–H and O–H groups in total. The average Bonchev–Trinajstić information content (AvgIpc) is 2.14. The van der Waals surface area contributed by atoms with E-state index in [0.29, 0.717) is 0 Å². The molecule has 0 radical (unpaired) electrons. The van der Waals surface area contributed by atoms with E-state index in [2.05, 4.69) is 4.74 Å². The van der Waals surface area contributed by atoms with Crippen LogP contribution in [0.2, 0.25) is 0 Å². The number of methoxy groups -OCH3 is 1. The first-order valence-corrected chi connectivity index (χ1v) is 5.99. The van der Waals surface area contributed by atoms with Crippen molar-refractivity contribution in [1.29, 1.82) is 0 Å². The van der Waals surface area contributed by atoms with Crippen molar-refractivity contribution in [1.82, 2.24) is 0 Å². The van der Waals surface area contributed by atoms with Gasteiger partial charge in [-0.2, -0.15) is 0 Å². The molecule has 0 saturated carbocycles. The summed E-state index contributed by atoms with van der Waals surface area (Å²) in [5, 5.41) is 0. The third kappa shape index (κ3) is 2.66. The Hall–Kier alpha value is -1.14. The quantitative estimate of drug-likeness (QED) is 0.592. The highest BCUT2D eigenvalue weighted by molar-refractivity contribution is 8.13. The maximum atomic E-state index is 12.8. The number of esters is 1. The highest BCUT2D eigenvalue weighted by Gasteiger charge is 2.21. The second-order valence-electron chi connectivity index (χ2n) is 2.57. The number of halogens is 2. The lowest BCUT2D eigenvalue weighted by Crippen LogP contribution is -2.08. The van der Waals surface area contributed by atoms with Gasteiger partial charge in [-0.3, -0.25) is 0 Å². The van der Waals surface area contributed by atoms with E-state index in [1.165, 1.54) is 0 Å². The van der Waals surface area contributed by atoms with Gasteiger partial charge in [-0.25, -0.2) is 17.6 Å². The molecule has 4 nitrogen and oxygen atoms in total. The Morgan fingerprint density at radius 3 is 2.53 bits per heavy atom. The van der Waals surface area contributed by atoms with Crippen molar-refractivity contribution < 1.29 is 22.3 Å². The van der Waals surface area contributed by atoms with Gasteiger partial charge in [0.1, 0.15) is 5.82 Å². The van der Waals surface area contributed by atoms with E-state index >= 15 is 0 Å². The molecule has 15 heavy (non-hydrogen) atoms. The number of hydrogen-bond donors (Lipinski definition) is 0. The van der Waals surface area contributed by atoms with Gasteiger partial charge in [-0.15, -0.1) is 0 Å². The molecule has 0 heterocycles. The summed E-state index contributed by atoms with van der Waals surface area (Å²) in [6, 6.07) is 2.55. The maximum absolute atomic E-state index is 12.8. The van der Waals surface area contributed by atoms with Crippen molar-refractivity contribution in [2.45, 2.75) is 4.90 Å². The third-order valence-corrected chi connectivity index (χ3v) is 2.99. The van der Waals surface area contributed by atoms with Crippen LogP contribution in [-0.2, 0) is 13.8 Å². The largest absolute Gasteiger partial charge is 0.465 e. The van der Waals surface area contributed by atoms with E-state index in [1.54, 1.807) is 0 Å². The van der Waals surface area contributed by atoms with Crippen molar-refractivity contribution in [2.75, 3.05) is 7.11 Å². The second kappa shape index (κ2) is 4.16. The van der Waals surface area contributed by atoms with Crippen molar-refractivity contribution in [3.8, 4) is 0 Å². The van der Waals surface area contributed by atoms with E-state index in [0.717, 1.165) is 25.3 Å². The summed E-state index contributed by atoms with van der Waals surface area (Å²) in [7, 11) is 2.01. The maximum Gasteiger partial charge on any atom is 0.339 e. The Kier molecular flexibility index (Phi) is 3.31. The SMILES string of the molecule is COC(=O)c1cc(F)ccc1S(=O)(=O)Cl. The predicted molar refractivity (Wildman–Crippen MR) is 50.8 cm³/mol. The molecule has 0 aliphatic rings. The summed E-state index contributed by atoms with van der Waals surface area (Å²) in [4.78, 5) is 10.6. The summed E-state index contributed by atoms with van der Waals surface area (Å²) in [6.07, 6.45) is 0. The van der Waals surface area contributed by atoms with Crippen LogP contribution in [0.4, 0.5) is 4.39 Å². The van der Waals surface area contributed by atoms with Crippen LogP contribution in [0.1, 0.15) is 10.4 Å². The number of hydrogen-bond acceptors (Lipinski definition) is 4. The van der Waals surface area contributed by atoms with Crippen LogP contribution >= 0.6 is 10.7 Å². The lowest BCUT2D eigenvalue weighted by molar-refractivity contribution is 0.0596. The molecule has 1 rings (SSSR count). The number of rotatable bonds is 2. The molecule has 0 atom stereocenters. The van der Waals surface area contributed by atoms with Crippen molar-refractivity contribution in [3.05, 3.63) is 29.6 Å². The van der Waals surface area contributed by atoms with E-state index in [4.69, 9.17) is 10.7 Å². The Bertz CT molecular complexity index is 497. The van der Waals surface area contributed by atoms with Crippen LogP contribution in [0.25, 0.3) is 0 Å². The second-order valence-corrected chi connectivity index (χ2v) is 5.10. The van der Waals surface area contributed by atoms with Crippen LogP contribution in [-0.4, -0.2) is 21.5 Å². The van der Waals surface area contributed by atoms with Crippen LogP contribution in [0.15, 0.2) is 23.1 Å². The third-order valence-electron chi connectivity index (χ3n) is 1.61. The molecule has 0 spiro atoms. The predicted octanol–water partition coefficient (Wildman–Crippen LogP) is 1.54. The van der Waals surface area contributed by atoms with Crippen LogP contribution in [0.5, 0.6) is 0 Å². The van der Waals surface area contributed by atoms with Gasteiger partial charge in [0.05, 0.1) is 17.6 Å². The Balaban J connectivity index is 3.47. The molecule has 0 aliphatic heterocycles. The van der Waals surface area contributed by atoms with E-state index in [-0.39, 0.29) is 0 Å². The smallest absolute Gasteiger partial charge is 0.339 e. The van der Waals surface area contributed by atoms with Crippen molar-refractivity contribution >= 4 is 25.7 Å². The first-order chi connectivity index (χ1) is 6.86. The van der Waals surface area contributed by atoms with Crippen LogP contribution in [0.3, 0.4) is 0 Å². The van der Waals surface area contributed by atoms with Gasteiger partial charge in [-0.05, 0) is 18.2 Å². The molecule has 0 aromatic heterocycles. The molecule has 0 unspecified atom stereocenters. The molecular weight excluding hydrogens is 247 g/mol. The van der Waals surface area contributed by atoms with Gasteiger partial charge in [0, 0.05) is 10.7 Å². The number of ether oxygens (including phenoxy) is 1. The zero-order valence-electron chi connectivity index (χ0n) is 7.53. The van der Waals surface area contributed by atoms with E-state index in [9.17, 15) is 17.6 Å². The molecule has 1 aromatic carbocycles. The molecule has 0 fully saturated rings. The monoisotopic (exact) mass is 252 g/mol. The fourth-order valence-electron chi connectivity index (χ4n) is 0.984. The van der Waals surface area contributed by atoms with Gasteiger partial charge in [0.15, 0.2) is 0 Å². The highest BCUT2D eigenvalue weighted by Crippen LogP contribution is 2.21. The van der Waals surface area contributed by atoms with Gasteiger partial charge < -0.3 is 4.74 Å². The minimum Gasteiger partial charge on any atom is -0.465 e. The van der Waals surface area contributed by atoms with Gasteiger partial charge in [0.2, 0.25) is 0 Å². The van der Waals surface area contributed by atoms with E-state index < -0.39 is 31.3 Å². The molecular formula is C8H6ClFO4S. The molecule has 0 amide bonds. The first-order valence-electron chi connectivity index (χ1n) is 3.69. The molecule has 82 valence electrons. The zero-order chi connectivity index (χ0) is 11.6. The van der Waals surface area contributed by atoms with Gasteiger partial charge in [0.25, 0.3) is 9.05 Å². The number of benzene rings is 1.